The summed E-state index contributed by atoms with van der Waals surface area (Å²) in [5.74, 6) is -1.59. The highest BCUT2D eigenvalue weighted by molar-refractivity contribution is 6.00. The van der Waals surface area contributed by atoms with E-state index < -0.39 is 17.8 Å². The van der Waals surface area contributed by atoms with Crippen LogP contribution in [0.1, 0.15) is 31.4 Å². The first-order valence-electron chi connectivity index (χ1n) is 9.95. The summed E-state index contributed by atoms with van der Waals surface area (Å²) in [6.45, 7) is 3.99. The second-order valence-corrected chi connectivity index (χ2v) is 7.09. The predicted octanol–water partition coefficient (Wildman–Crippen LogP) is 3.35. The maximum Gasteiger partial charge on any atom is 0.311 e. The Balaban J connectivity index is 1.53. The van der Waals surface area contributed by atoms with Crippen molar-refractivity contribution in [3.8, 4) is 0 Å². The molecular formula is C23H26N2O4. The molecular weight excluding hydrogens is 368 g/mol. The molecule has 1 heterocycles. The Hall–Kier alpha value is -3.15. The number of aryl methyl sites for hydroxylation is 2. The molecule has 29 heavy (non-hydrogen) atoms. The quantitative estimate of drug-likeness (QED) is 0.731. The highest BCUT2D eigenvalue weighted by Gasteiger charge is 2.36. The third-order valence-corrected chi connectivity index (χ3v) is 5.11. The molecule has 0 bridgehead atoms. The largest absolute Gasteiger partial charge is 0.455 e. The number of carbonyl (C=O) groups excluding carboxylic acids is 3. The summed E-state index contributed by atoms with van der Waals surface area (Å²) in [7, 11) is 0. The van der Waals surface area contributed by atoms with Gasteiger partial charge in [-0.05, 0) is 42.2 Å². The van der Waals surface area contributed by atoms with Crippen molar-refractivity contribution < 1.29 is 19.1 Å². The minimum atomic E-state index is -0.566. The summed E-state index contributed by atoms with van der Waals surface area (Å²) in [4.78, 5) is 38.5. The van der Waals surface area contributed by atoms with Gasteiger partial charge in [-0.15, -0.1) is 0 Å². The van der Waals surface area contributed by atoms with Crippen LogP contribution in [0.3, 0.4) is 0 Å². The van der Waals surface area contributed by atoms with Gasteiger partial charge in [0.25, 0.3) is 5.91 Å². The SMILES string of the molecule is CCc1ccc(NC(=O)COC(=O)[C@@H]2CC(=O)N(c3ccccc3CC)C2)cc1. The number of esters is 1. The van der Waals surface area contributed by atoms with Crippen LogP contribution >= 0.6 is 0 Å². The highest BCUT2D eigenvalue weighted by atomic mass is 16.5. The molecule has 0 aromatic heterocycles. The minimum Gasteiger partial charge on any atom is -0.455 e. The monoisotopic (exact) mass is 394 g/mol. The van der Waals surface area contributed by atoms with Gasteiger partial charge in [0, 0.05) is 24.3 Å². The topological polar surface area (TPSA) is 75.7 Å². The number of anilines is 2. The molecule has 0 unspecified atom stereocenters. The average molecular weight is 394 g/mol. The molecule has 1 aliphatic heterocycles. The zero-order valence-corrected chi connectivity index (χ0v) is 16.8. The van der Waals surface area contributed by atoms with Gasteiger partial charge in [-0.25, -0.2) is 0 Å². The van der Waals surface area contributed by atoms with Crippen LogP contribution in [0.5, 0.6) is 0 Å². The average Bonchev–Trinajstić information content (AvgIpc) is 3.14. The second-order valence-electron chi connectivity index (χ2n) is 7.09. The smallest absolute Gasteiger partial charge is 0.311 e. The van der Waals surface area contributed by atoms with Crippen molar-refractivity contribution in [2.24, 2.45) is 5.92 Å². The molecule has 1 atom stereocenters. The molecule has 0 aliphatic carbocycles. The Labute approximate surface area is 170 Å². The number of carbonyl (C=O) groups is 3. The number of nitrogens with zero attached hydrogens (tertiary/aromatic N) is 1. The molecule has 2 aromatic rings. The van der Waals surface area contributed by atoms with Gasteiger partial charge in [-0.3, -0.25) is 14.4 Å². The van der Waals surface area contributed by atoms with Crippen LogP contribution in [0.15, 0.2) is 48.5 Å². The Kier molecular flexibility index (Phi) is 6.65. The maximum absolute atomic E-state index is 12.4. The van der Waals surface area contributed by atoms with Crippen LogP contribution in [0.4, 0.5) is 11.4 Å². The fourth-order valence-corrected chi connectivity index (χ4v) is 3.45. The van der Waals surface area contributed by atoms with E-state index in [0.29, 0.717) is 5.69 Å². The fraction of sp³-hybridized carbons (Fsp3) is 0.348. The lowest BCUT2D eigenvalue weighted by Gasteiger charge is -2.19. The molecule has 1 fully saturated rings. The summed E-state index contributed by atoms with van der Waals surface area (Å²) >= 11 is 0. The van der Waals surface area contributed by atoms with Crippen LogP contribution in [-0.4, -0.2) is 30.9 Å². The van der Waals surface area contributed by atoms with Crippen LogP contribution in [-0.2, 0) is 32.0 Å². The van der Waals surface area contributed by atoms with Gasteiger partial charge in [0.05, 0.1) is 5.92 Å². The van der Waals surface area contributed by atoms with E-state index in [4.69, 9.17) is 4.74 Å². The number of ether oxygens (including phenoxy) is 1. The Bertz CT molecular complexity index is 892. The van der Waals surface area contributed by atoms with Gasteiger partial charge < -0.3 is 15.0 Å². The molecule has 6 nitrogen and oxygen atoms in total. The van der Waals surface area contributed by atoms with Crippen molar-refractivity contribution in [1.82, 2.24) is 0 Å². The highest BCUT2D eigenvalue weighted by Crippen LogP contribution is 2.29. The van der Waals surface area contributed by atoms with Gasteiger partial charge >= 0.3 is 5.97 Å². The van der Waals surface area contributed by atoms with Crippen LogP contribution in [0.2, 0.25) is 0 Å². The summed E-state index contributed by atoms with van der Waals surface area (Å²) in [5.41, 5.74) is 3.73. The second kappa shape index (κ2) is 9.37. The first-order valence-corrected chi connectivity index (χ1v) is 9.95. The van der Waals surface area contributed by atoms with Crippen molar-refractivity contribution >= 4 is 29.2 Å². The van der Waals surface area contributed by atoms with Crippen LogP contribution in [0, 0.1) is 5.92 Å². The lowest BCUT2D eigenvalue weighted by molar-refractivity contribution is -0.151. The maximum atomic E-state index is 12.4. The normalized spacial score (nSPS) is 16.0. The number of benzene rings is 2. The fourth-order valence-electron chi connectivity index (χ4n) is 3.45. The van der Waals surface area contributed by atoms with E-state index in [9.17, 15) is 14.4 Å². The van der Waals surface area contributed by atoms with Crippen molar-refractivity contribution in [2.45, 2.75) is 33.1 Å². The first kappa shape index (κ1) is 20.6. The Morgan fingerprint density at radius 1 is 1.07 bits per heavy atom. The van der Waals surface area contributed by atoms with Gasteiger partial charge in [-0.2, -0.15) is 0 Å². The third-order valence-electron chi connectivity index (χ3n) is 5.11. The predicted molar refractivity (Wildman–Crippen MR) is 112 cm³/mol. The van der Waals surface area contributed by atoms with Crippen molar-refractivity contribution in [3.63, 3.8) is 0 Å². The van der Waals surface area contributed by atoms with Crippen molar-refractivity contribution in [1.29, 1.82) is 0 Å². The molecule has 2 aromatic carbocycles. The molecule has 0 spiro atoms. The van der Waals surface area contributed by atoms with Gasteiger partial charge in [-0.1, -0.05) is 44.2 Å². The lowest BCUT2D eigenvalue weighted by atomic mass is 10.1. The summed E-state index contributed by atoms with van der Waals surface area (Å²) in [5, 5.41) is 2.70. The molecule has 2 amide bonds. The number of nitrogens with one attached hydrogen (secondary N) is 1. The van der Waals surface area contributed by atoms with Gasteiger partial charge in [0.1, 0.15) is 0 Å². The van der Waals surface area contributed by atoms with E-state index in [1.165, 1.54) is 5.56 Å². The van der Waals surface area contributed by atoms with Crippen molar-refractivity contribution in [3.05, 3.63) is 59.7 Å². The summed E-state index contributed by atoms with van der Waals surface area (Å²) in [6.07, 6.45) is 1.82. The standard InChI is InChI=1S/C23H26N2O4/c1-3-16-9-11-19(12-10-16)24-21(26)15-29-23(28)18-13-22(27)25(14-18)20-8-6-5-7-17(20)4-2/h5-12,18H,3-4,13-15H2,1-2H3,(H,24,26)/t18-/m1/s1. The summed E-state index contributed by atoms with van der Waals surface area (Å²) < 4.78 is 5.16. The molecule has 1 saturated heterocycles. The Morgan fingerprint density at radius 3 is 2.48 bits per heavy atom. The molecule has 6 heteroatoms. The molecule has 1 aliphatic rings. The molecule has 0 saturated carbocycles. The van der Waals surface area contributed by atoms with E-state index in [1.54, 1.807) is 4.90 Å². The summed E-state index contributed by atoms with van der Waals surface area (Å²) in [6, 6.07) is 15.2. The van der Waals surface area contributed by atoms with Crippen molar-refractivity contribution in [2.75, 3.05) is 23.4 Å². The lowest BCUT2D eigenvalue weighted by Crippen LogP contribution is -2.28. The van der Waals surface area contributed by atoms with E-state index >= 15 is 0 Å². The van der Waals surface area contributed by atoms with Gasteiger partial charge in [0.2, 0.25) is 5.91 Å². The number of para-hydroxylation sites is 1. The van der Waals surface area contributed by atoms with E-state index in [0.717, 1.165) is 24.1 Å². The molecule has 3 rings (SSSR count). The van der Waals surface area contributed by atoms with Crippen LogP contribution in [0.25, 0.3) is 0 Å². The molecule has 0 radical (unpaired) electrons. The third kappa shape index (κ3) is 5.02. The first-order chi connectivity index (χ1) is 14.0. The Morgan fingerprint density at radius 2 is 1.79 bits per heavy atom. The minimum absolute atomic E-state index is 0.0942. The number of hydrogen-bond acceptors (Lipinski definition) is 4. The zero-order valence-electron chi connectivity index (χ0n) is 16.8. The number of amides is 2. The zero-order chi connectivity index (χ0) is 20.8. The van der Waals surface area contributed by atoms with E-state index in [2.05, 4.69) is 12.2 Å². The van der Waals surface area contributed by atoms with E-state index in [-0.39, 0.29) is 25.5 Å². The van der Waals surface area contributed by atoms with Crippen LogP contribution < -0.4 is 10.2 Å². The molecule has 1 N–H and O–H groups in total. The van der Waals surface area contributed by atoms with Gasteiger partial charge in [0.15, 0.2) is 6.61 Å². The number of rotatable bonds is 7. The number of hydrogen-bond donors (Lipinski definition) is 1. The van der Waals surface area contributed by atoms with E-state index in [1.807, 2.05) is 55.5 Å². The molecule has 152 valence electrons.